The maximum atomic E-state index is 6.06. The molecule has 0 aliphatic carbocycles. The van der Waals surface area contributed by atoms with Gasteiger partial charge in [0.2, 0.25) is 0 Å². The van der Waals surface area contributed by atoms with Crippen LogP contribution in [0.5, 0.6) is 0 Å². The second-order valence-corrected chi connectivity index (χ2v) is 8.15. The number of hydrogen-bond donors (Lipinski definition) is 0. The quantitative estimate of drug-likeness (QED) is 0.519. The highest BCUT2D eigenvalue weighted by atomic mass is 28.4. The highest BCUT2D eigenvalue weighted by Crippen LogP contribution is 2.12. The van der Waals surface area contributed by atoms with Crippen LogP contribution in [0.15, 0.2) is 30.3 Å². The van der Waals surface area contributed by atoms with E-state index in [4.69, 9.17) is 18.0 Å². The van der Waals surface area contributed by atoms with Crippen molar-refractivity contribution in [3.8, 4) is 0 Å². The van der Waals surface area contributed by atoms with Crippen LogP contribution < -0.4 is 5.19 Å². The Balaban J connectivity index is 2.76. The van der Waals surface area contributed by atoms with Gasteiger partial charge in [-0.25, -0.2) is 0 Å². The molecule has 0 aromatic heterocycles. The van der Waals surface area contributed by atoms with Crippen molar-refractivity contribution in [3.63, 3.8) is 0 Å². The molecule has 0 bridgehead atoms. The Kier molecular flexibility index (Phi) is 7.55. The maximum Gasteiger partial charge on any atom is 0.537 e. The zero-order valence-electron chi connectivity index (χ0n) is 13.8. The number of rotatable bonds is 9. The maximum absolute atomic E-state index is 6.06. The Morgan fingerprint density at radius 3 is 1.90 bits per heavy atom. The first kappa shape index (κ1) is 18.3. The molecule has 4 nitrogen and oxygen atoms in total. The monoisotopic (exact) mass is 312 g/mol. The van der Waals surface area contributed by atoms with Crippen LogP contribution in [0.1, 0.15) is 34.6 Å². The third-order valence-corrected chi connectivity index (χ3v) is 5.67. The smallest absolute Gasteiger partial charge is 0.374 e. The van der Waals surface area contributed by atoms with Crippen LogP contribution in [0.2, 0.25) is 0 Å². The van der Waals surface area contributed by atoms with E-state index in [0.29, 0.717) is 26.4 Å². The molecule has 0 saturated carbocycles. The molecule has 0 N–H and O–H groups in total. The van der Waals surface area contributed by atoms with Crippen molar-refractivity contribution in [1.29, 1.82) is 0 Å². The number of benzene rings is 1. The van der Waals surface area contributed by atoms with Gasteiger partial charge in [0.05, 0.1) is 18.8 Å². The first-order valence-corrected chi connectivity index (χ1v) is 9.27. The Labute approximate surface area is 129 Å². The number of hydrogen-bond acceptors (Lipinski definition) is 4. The van der Waals surface area contributed by atoms with Gasteiger partial charge in [0.25, 0.3) is 0 Å². The molecule has 0 spiro atoms. The van der Waals surface area contributed by atoms with Crippen molar-refractivity contribution in [2.45, 2.75) is 40.2 Å². The summed E-state index contributed by atoms with van der Waals surface area (Å²) in [5.74, 6) is 0. The van der Waals surface area contributed by atoms with Gasteiger partial charge in [0.1, 0.15) is 0 Å². The lowest BCUT2D eigenvalue weighted by Gasteiger charge is -2.29. The van der Waals surface area contributed by atoms with Gasteiger partial charge >= 0.3 is 8.80 Å². The van der Waals surface area contributed by atoms with Gasteiger partial charge in [-0.15, -0.1) is 0 Å². The van der Waals surface area contributed by atoms with E-state index in [0.717, 1.165) is 5.19 Å². The van der Waals surface area contributed by atoms with Gasteiger partial charge < -0.3 is 18.0 Å². The lowest BCUT2D eigenvalue weighted by Crippen LogP contribution is -2.57. The van der Waals surface area contributed by atoms with E-state index in [1.165, 1.54) is 0 Å². The zero-order chi connectivity index (χ0) is 15.8. The van der Waals surface area contributed by atoms with Crippen LogP contribution in [-0.4, -0.2) is 40.8 Å². The minimum absolute atomic E-state index is 0.169. The Hall–Kier alpha value is -0.723. The summed E-state index contributed by atoms with van der Waals surface area (Å²) in [5, 5.41) is 0.990. The lowest BCUT2D eigenvalue weighted by molar-refractivity contribution is -0.0291. The van der Waals surface area contributed by atoms with Crippen LogP contribution in [-0.2, 0) is 18.0 Å². The van der Waals surface area contributed by atoms with E-state index in [-0.39, 0.29) is 5.60 Å². The zero-order valence-corrected chi connectivity index (χ0v) is 14.8. The average molecular weight is 312 g/mol. The van der Waals surface area contributed by atoms with Crippen LogP contribution in [0.25, 0.3) is 0 Å². The minimum atomic E-state index is -2.85. The molecule has 0 fully saturated rings. The van der Waals surface area contributed by atoms with Crippen LogP contribution in [0.3, 0.4) is 0 Å². The summed E-state index contributed by atoms with van der Waals surface area (Å²) >= 11 is 0. The second kappa shape index (κ2) is 8.65. The van der Waals surface area contributed by atoms with E-state index >= 15 is 0 Å². The first-order valence-electron chi connectivity index (χ1n) is 7.55. The molecule has 1 rings (SSSR count). The molecular formula is C16H28O4Si. The largest absolute Gasteiger partial charge is 0.537 e. The summed E-state index contributed by atoms with van der Waals surface area (Å²) in [5.41, 5.74) is -0.169. The van der Waals surface area contributed by atoms with E-state index in [9.17, 15) is 0 Å². The molecule has 0 heterocycles. The standard InChI is InChI=1S/C16H28O4Si/c1-6-18-21(19-7-2,15-11-9-8-10-12-15)20-14-13-17-16(3,4)5/h8-12H,6-7,13-14H2,1-5H3. The van der Waals surface area contributed by atoms with Crippen LogP contribution in [0.4, 0.5) is 0 Å². The van der Waals surface area contributed by atoms with Crippen molar-refractivity contribution in [2.75, 3.05) is 26.4 Å². The normalized spacial score (nSPS) is 12.6. The third-order valence-electron chi connectivity index (χ3n) is 2.71. The predicted molar refractivity (Wildman–Crippen MR) is 86.7 cm³/mol. The van der Waals surface area contributed by atoms with E-state index in [1.807, 2.05) is 65.0 Å². The molecule has 0 amide bonds. The van der Waals surface area contributed by atoms with E-state index < -0.39 is 8.80 Å². The lowest BCUT2D eigenvalue weighted by atomic mass is 10.2. The van der Waals surface area contributed by atoms with Gasteiger partial charge in [-0.2, -0.15) is 0 Å². The SMILES string of the molecule is CCO[Si](OCC)(OCCOC(C)(C)C)c1ccccc1. The molecule has 1 aromatic carbocycles. The Morgan fingerprint density at radius 1 is 0.857 bits per heavy atom. The molecule has 0 radical (unpaired) electrons. The van der Waals surface area contributed by atoms with E-state index in [1.54, 1.807) is 0 Å². The summed E-state index contributed by atoms with van der Waals surface area (Å²) < 4.78 is 23.6. The molecule has 0 aliphatic rings. The minimum Gasteiger partial charge on any atom is -0.374 e. The van der Waals surface area contributed by atoms with Crippen LogP contribution in [0, 0.1) is 0 Å². The molecule has 5 heteroatoms. The second-order valence-electron chi connectivity index (χ2n) is 5.60. The molecule has 0 saturated heterocycles. The average Bonchev–Trinajstić information content (AvgIpc) is 2.44. The van der Waals surface area contributed by atoms with Crippen molar-refractivity contribution < 1.29 is 18.0 Å². The van der Waals surface area contributed by atoms with Gasteiger partial charge in [-0.1, -0.05) is 30.3 Å². The fraction of sp³-hybridized carbons (Fsp3) is 0.625. The molecule has 120 valence electrons. The summed E-state index contributed by atoms with van der Waals surface area (Å²) in [6.07, 6.45) is 0. The van der Waals surface area contributed by atoms with Gasteiger partial charge in [-0.05, 0) is 34.6 Å². The molecule has 1 aromatic rings. The third kappa shape index (κ3) is 6.28. The molecule has 0 aliphatic heterocycles. The topological polar surface area (TPSA) is 36.9 Å². The van der Waals surface area contributed by atoms with Gasteiger partial charge in [0.15, 0.2) is 0 Å². The van der Waals surface area contributed by atoms with Gasteiger partial charge in [0, 0.05) is 18.4 Å². The van der Waals surface area contributed by atoms with Crippen LogP contribution >= 0.6 is 0 Å². The first-order chi connectivity index (χ1) is 9.93. The van der Waals surface area contributed by atoms with Crippen molar-refractivity contribution in [3.05, 3.63) is 30.3 Å². The Bertz CT molecular complexity index is 383. The van der Waals surface area contributed by atoms with Gasteiger partial charge in [-0.3, -0.25) is 0 Å². The summed E-state index contributed by atoms with van der Waals surface area (Å²) in [7, 11) is -2.85. The predicted octanol–water partition coefficient (Wildman–Crippen LogP) is 2.74. The van der Waals surface area contributed by atoms with Crippen molar-refractivity contribution in [2.24, 2.45) is 0 Å². The fourth-order valence-electron chi connectivity index (χ4n) is 1.92. The highest BCUT2D eigenvalue weighted by Gasteiger charge is 2.43. The molecule has 0 atom stereocenters. The highest BCUT2D eigenvalue weighted by molar-refractivity contribution is 6.75. The fourth-order valence-corrected chi connectivity index (χ4v) is 4.38. The molecule has 21 heavy (non-hydrogen) atoms. The van der Waals surface area contributed by atoms with E-state index in [2.05, 4.69) is 0 Å². The number of ether oxygens (including phenoxy) is 1. The van der Waals surface area contributed by atoms with Crippen molar-refractivity contribution >= 4 is 14.0 Å². The van der Waals surface area contributed by atoms with Crippen molar-refractivity contribution in [1.82, 2.24) is 0 Å². The summed E-state index contributed by atoms with van der Waals surface area (Å²) in [4.78, 5) is 0. The molecule has 0 unspecified atom stereocenters. The summed E-state index contributed by atoms with van der Waals surface area (Å²) in [6, 6.07) is 9.93. The molecular weight excluding hydrogens is 284 g/mol. The summed E-state index contributed by atoms with van der Waals surface area (Å²) in [6.45, 7) is 12.1. The Morgan fingerprint density at radius 2 is 1.43 bits per heavy atom.